The van der Waals surface area contributed by atoms with E-state index in [9.17, 15) is 14.7 Å². The van der Waals surface area contributed by atoms with E-state index in [1.54, 1.807) is 19.9 Å². The van der Waals surface area contributed by atoms with E-state index < -0.39 is 5.60 Å². The van der Waals surface area contributed by atoms with Gasteiger partial charge in [0, 0.05) is 24.7 Å². The maximum Gasteiger partial charge on any atom is 0.251 e. The average molecular weight is 376 g/mol. The first-order chi connectivity index (χ1) is 12.7. The van der Waals surface area contributed by atoms with Crippen molar-refractivity contribution in [3.8, 4) is 0 Å². The second-order valence-corrected chi connectivity index (χ2v) is 7.92. The van der Waals surface area contributed by atoms with Crippen molar-refractivity contribution in [3.05, 3.63) is 35.4 Å². The van der Waals surface area contributed by atoms with Crippen LogP contribution in [0.2, 0.25) is 0 Å². The number of hydrogen-bond donors (Lipinski definition) is 3. The van der Waals surface area contributed by atoms with Crippen LogP contribution in [0.4, 0.5) is 0 Å². The molecule has 1 aromatic carbocycles. The van der Waals surface area contributed by atoms with Crippen LogP contribution in [0.3, 0.4) is 0 Å². The largest absolute Gasteiger partial charge is 0.390 e. The maximum absolute atomic E-state index is 12.7. The first-order valence-corrected chi connectivity index (χ1v) is 9.87. The van der Waals surface area contributed by atoms with Crippen molar-refractivity contribution >= 4 is 11.8 Å². The van der Waals surface area contributed by atoms with Gasteiger partial charge in [-0.15, -0.1) is 0 Å². The van der Waals surface area contributed by atoms with E-state index in [-0.39, 0.29) is 23.9 Å². The van der Waals surface area contributed by atoms with Crippen LogP contribution in [0, 0.1) is 0 Å². The zero-order chi connectivity index (χ0) is 20.0. The summed E-state index contributed by atoms with van der Waals surface area (Å²) in [7, 11) is 0. The van der Waals surface area contributed by atoms with Crippen molar-refractivity contribution in [1.82, 2.24) is 15.5 Å². The SMILES string of the molecule is CCNC(=O)[C@@H]1C[C@H](NC(=O)c2cccc(CCC(C)(C)O)c2)CN1CC. The third kappa shape index (κ3) is 6.33. The fraction of sp³-hybridized carbons (Fsp3) is 0.619. The van der Waals surface area contributed by atoms with Gasteiger partial charge < -0.3 is 15.7 Å². The Labute approximate surface area is 162 Å². The van der Waals surface area contributed by atoms with Gasteiger partial charge in [0.15, 0.2) is 0 Å². The minimum absolute atomic E-state index is 0.0321. The number of benzene rings is 1. The topological polar surface area (TPSA) is 81.7 Å². The molecule has 0 radical (unpaired) electrons. The van der Waals surface area contributed by atoms with Gasteiger partial charge in [-0.2, -0.15) is 0 Å². The number of carbonyl (C=O) groups is 2. The van der Waals surface area contributed by atoms with E-state index in [2.05, 4.69) is 15.5 Å². The van der Waals surface area contributed by atoms with Gasteiger partial charge in [0.2, 0.25) is 5.91 Å². The highest BCUT2D eigenvalue weighted by molar-refractivity contribution is 5.94. The molecule has 1 aliphatic heterocycles. The Morgan fingerprint density at radius 1 is 1.30 bits per heavy atom. The molecule has 2 rings (SSSR count). The van der Waals surface area contributed by atoms with Gasteiger partial charge in [-0.25, -0.2) is 0 Å². The molecule has 0 aromatic heterocycles. The van der Waals surface area contributed by atoms with Gasteiger partial charge >= 0.3 is 0 Å². The third-order valence-corrected chi connectivity index (χ3v) is 5.01. The molecule has 6 nitrogen and oxygen atoms in total. The van der Waals surface area contributed by atoms with Gasteiger partial charge in [-0.3, -0.25) is 14.5 Å². The fourth-order valence-electron chi connectivity index (χ4n) is 3.51. The first kappa shape index (κ1) is 21.4. The van der Waals surface area contributed by atoms with E-state index in [1.165, 1.54) is 0 Å². The number of likely N-dealkylation sites (tertiary alicyclic amines) is 1. The smallest absolute Gasteiger partial charge is 0.251 e. The predicted octanol–water partition coefficient (Wildman–Crippen LogP) is 1.72. The molecule has 0 unspecified atom stereocenters. The number of nitrogens with one attached hydrogen (secondary N) is 2. The molecule has 27 heavy (non-hydrogen) atoms. The minimum atomic E-state index is -0.722. The van der Waals surface area contributed by atoms with Crippen LogP contribution >= 0.6 is 0 Å². The average Bonchev–Trinajstić information content (AvgIpc) is 3.03. The number of aliphatic hydroxyl groups is 1. The summed E-state index contributed by atoms with van der Waals surface area (Å²) < 4.78 is 0. The molecule has 0 bridgehead atoms. The monoisotopic (exact) mass is 375 g/mol. The third-order valence-electron chi connectivity index (χ3n) is 5.01. The van der Waals surface area contributed by atoms with Gasteiger partial charge in [-0.1, -0.05) is 19.1 Å². The van der Waals surface area contributed by atoms with E-state index >= 15 is 0 Å². The molecular formula is C21H33N3O3. The molecule has 150 valence electrons. The number of aryl methyl sites for hydroxylation is 1. The summed E-state index contributed by atoms with van der Waals surface area (Å²) in [4.78, 5) is 27.0. The lowest BCUT2D eigenvalue weighted by Gasteiger charge is -2.21. The summed E-state index contributed by atoms with van der Waals surface area (Å²) in [6.45, 7) is 9.59. The zero-order valence-corrected chi connectivity index (χ0v) is 16.9. The van der Waals surface area contributed by atoms with Crippen LogP contribution in [0.5, 0.6) is 0 Å². The molecule has 0 spiro atoms. The van der Waals surface area contributed by atoms with Crippen molar-refractivity contribution in [3.63, 3.8) is 0 Å². The van der Waals surface area contributed by atoms with Crippen molar-refractivity contribution < 1.29 is 14.7 Å². The molecule has 1 heterocycles. The van der Waals surface area contributed by atoms with Gasteiger partial charge in [0.05, 0.1) is 11.6 Å². The number of rotatable bonds is 8. The highest BCUT2D eigenvalue weighted by atomic mass is 16.3. The first-order valence-electron chi connectivity index (χ1n) is 9.87. The lowest BCUT2D eigenvalue weighted by molar-refractivity contribution is -0.125. The highest BCUT2D eigenvalue weighted by Gasteiger charge is 2.36. The highest BCUT2D eigenvalue weighted by Crippen LogP contribution is 2.19. The Balaban J connectivity index is 1.98. The Morgan fingerprint density at radius 2 is 2.04 bits per heavy atom. The van der Waals surface area contributed by atoms with Crippen LogP contribution in [0.15, 0.2) is 24.3 Å². The molecule has 1 aromatic rings. The maximum atomic E-state index is 12.7. The Bertz CT molecular complexity index is 654. The lowest BCUT2D eigenvalue weighted by atomic mass is 9.98. The Hall–Kier alpha value is -1.92. The molecule has 2 amide bonds. The van der Waals surface area contributed by atoms with Crippen molar-refractivity contribution in [2.24, 2.45) is 0 Å². The molecule has 1 saturated heterocycles. The summed E-state index contributed by atoms with van der Waals surface area (Å²) in [5.41, 5.74) is 0.930. The predicted molar refractivity (Wildman–Crippen MR) is 107 cm³/mol. The molecule has 1 aliphatic rings. The normalized spacial score (nSPS) is 20.5. The number of hydrogen-bond acceptors (Lipinski definition) is 4. The van der Waals surface area contributed by atoms with Crippen LogP contribution in [-0.2, 0) is 11.2 Å². The molecule has 2 atom stereocenters. The van der Waals surface area contributed by atoms with Crippen LogP contribution in [0.25, 0.3) is 0 Å². The van der Waals surface area contributed by atoms with Gasteiger partial charge in [-0.05, 0) is 64.3 Å². The quantitative estimate of drug-likeness (QED) is 0.646. The molecule has 3 N–H and O–H groups in total. The minimum Gasteiger partial charge on any atom is -0.390 e. The number of nitrogens with zero attached hydrogens (tertiary/aromatic N) is 1. The Kier molecular flexibility index (Phi) is 7.39. The van der Waals surface area contributed by atoms with Crippen molar-refractivity contribution in [2.45, 2.75) is 64.6 Å². The lowest BCUT2D eigenvalue weighted by Crippen LogP contribution is -2.42. The number of likely N-dealkylation sites (N-methyl/N-ethyl adjacent to an activating group) is 2. The molecule has 0 saturated carbocycles. The standard InChI is InChI=1S/C21H33N3O3/c1-5-22-20(26)18-13-17(14-24(18)6-2)23-19(25)16-9-7-8-15(12-16)10-11-21(3,4)27/h7-9,12,17-18,27H,5-6,10-11,13-14H2,1-4H3,(H,22,26)(H,23,25)/t17-,18-/m0/s1. The second kappa shape index (κ2) is 9.33. The van der Waals surface area contributed by atoms with Gasteiger partial charge in [0.25, 0.3) is 5.91 Å². The van der Waals surface area contributed by atoms with Crippen LogP contribution in [-0.4, -0.2) is 59.1 Å². The zero-order valence-electron chi connectivity index (χ0n) is 16.9. The van der Waals surface area contributed by atoms with Gasteiger partial charge in [0.1, 0.15) is 0 Å². The summed E-state index contributed by atoms with van der Waals surface area (Å²) in [5.74, 6) is -0.0811. The second-order valence-electron chi connectivity index (χ2n) is 7.92. The van der Waals surface area contributed by atoms with Crippen molar-refractivity contribution in [1.29, 1.82) is 0 Å². The summed E-state index contributed by atoms with van der Waals surface area (Å²) in [6, 6.07) is 7.32. The fourth-order valence-corrected chi connectivity index (χ4v) is 3.51. The van der Waals surface area contributed by atoms with E-state index in [1.807, 2.05) is 32.0 Å². The molecule has 1 fully saturated rings. The molecule has 0 aliphatic carbocycles. The summed E-state index contributed by atoms with van der Waals surface area (Å²) >= 11 is 0. The van der Waals surface area contributed by atoms with E-state index in [0.717, 1.165) is 18.5 Å². The van der Waals surface area contributed by atoms with Crippen LogP contribution < -0.4 is 10.6 Å². The summed E-state index contributed by atoms with van der Waals surface area (Å²) in [6.07, 6.45) is 1.99. The molecular weight excluding hydrogens is 342 g/mol. The Morgan fingerprint density at radius 3 is 2.67 bits per heavy atom. The molecule has 6 heteroatoms. The van der Waals surface area contributed by atoms with Crippen molar-refractivity contribution in [2.75, 3.05) is 19.6 Å². The van der Waals surface area contributed by atoms with Crippen LogP contribution in [0.1, 0.15) is 56.5 Å². The summed E-state index contributed by atoms with van der Waals surface area (Å²) in [5, 5.41) is 15.8. The number of amides is 2. The number of carbonyl (C=O) groups excluding carboxylic acids is 2. The van der Waals surface area contributed by atoms with E-state index in [0.29, 0.717) is 31.5 Å². The van der Waals surface area contributed by atoms with E-state index in [4.69, 9.17) is 0 Å².